The number of hydrogen-bond acceptors (Lipinski definition) is 1. The Hall–Kier alpha value is -0.760. The molecule has 0 radical (unpaired) electrons. The summed E-state index contributed by atoms with van der Waals surface area (Å²) >= 11 is 0. The van der Waals surface area contributed by atoms with Crippen molar-refractivity contribution in [3.63, 3.8) is 0 Å². The van der Waals surface area contributed by atoms with Crippen LogP contribution in [0.5, 0.6) is 0 Å². The zero-order valence-corrected chi connectivity index (χ0v) is 8.53. The maximum atomic E-state index is 2.54. The lowest BCUT2D eigenvalue weighted by molar-refractivity contribution is 0.313. The number of hydrogen-bond donors (Lipinski definition) is 0. The molecule has 1 saturated heterocycles. The largest absolute Gasteiger partial charge is 0.353 e. The van der Waals surface area contributed by atoms with Gasteiger partial charge in [-0.1, -0.05) is 6.92 Å². The quantitative estimate of drug-likeness (QED) is 0.671. The van der Waals surface area contributed by atoms with Gasteiger partial charge < -0.3 is 4.57 Å². The summed E-state index contributed by atoms with van der Waals surface area (Å²) in [6, 6.07) is 4.33. The lowest BCUT2D eigenvalue weighted by Gasteiger charge is -2.15. The number of aromatic nitrogens is 1. The van der Waals surface area contributed by atoms with Crippen LogP contribution in [0.1, 0.15) is 19.0 Å². The molecule has 1 aromatic heterocycles. The van der Waals surface area contributed by atoms with E-state index in [0.29, 0.717) is 0 Å². The molecule has 0 N–H and O–H groups in total. The molecular weight excluding hydrogens is 160 g/mol. The van der Waals surface area contributed by atoms with Crippen molar-refractivity contribution < 1.29 is 0 Å². The van der Waals surface area contributed by atoms with E-state index < -0.39 is 0 Å². The predicted molar refractivity (Wildman–Crippen MR) is 54.5 cm³/mol. The van der Waals surface area contributed by atoms with E-state index in [1.54, 1.807) is 0 Å². The summed E-state index contributed by atoms with van der Waals surface area (Å²) in [7, 11) is 2.12. The van der Waals surface area contributed by atoms with Gasteiger partial charge in [0.05, 0.1) is 0 Å². The van der Waals surface area contributed by atoms with Crippen LogP contribution in [0.4, 0.5) is 0 Å². The summed E-state index contributed by atoms with van der Waals surface area (Å²) in [4.78, 5) is 2.54. The minimum atomic E-state index is 0.889. The van der Waals surface area contributed by atoms with Gasteiger partial charge in [-0.15, -0.1) is 0 Å². The Morgan fingerprint density at radius 3 is 2.92 bits per heavy atom. The van der Waals surface area contributed by atoms with Gasteiger partial charge in [-0.3, -0.25) is 4.90 Å². The van der Waals surface area contributed by atoms with Crippen molar-refractivity contribution in [2.24, 2.45) is 13.0 Å². The van der Waals surface area contributed by atoms with Crippen molar-refractivity contribution in [1.82, 2.24) is 9.47 Å². The summed E-state index contributed by atoms with van der Waals surface area (Å²) in [5.74, 6) is 0.889. The molecule has 2 heterocycles. The molecule has 2 heteroatoms. The van der Waals surface area contributed by atoms with Gasteiger partial charge >= 0.3 is 0 Å². The molecule has 0 aromatic carbocycles. The van der Waals surface area contributed by atoms with Crippen LogP contribution in [0.2, 0.25) is 0 Å². The Morgan fingerprint density at radius 2 is 2.38 bits per heavy atom. The molecule has 0 bridgehead atoms. The van der Waals surface area contributed by atoms with Crippen LogP contribution in [0.3, 0.4) is 0 Å². The van der Waals surface area contributed by atoms with E-state index in [-0.39, 0.29) is 0 Å². The smallest absolute Gasteiger partial charge is 0.0387 e. The van der Waals surface area contributed by atoms with Crippen LogP contribution in [0, 0.1) is 5.92 Å². The van der Waals surface area contributed by atoms with E-state index in [1.807, 2.05) is 0 Å². The van der Waals surface area contributed by atoms with Crippen molar-refractivity contribution in [3.8, 4) is 0 Å². The van der Waals surface area contributed by atoms with Gasteiger partial charge in [0.15, 0.2) is 0 Å². The predicted octanol–water partition coefficient (Wildman–Crippen LogP) is 1.87. The molecule has 0 aliphatic carbocycles. The number of nitrogens with zero attached hydrogens (tertiary/aromatic N) is 2. The Bertz CT molecular complexity index is 277. The molecule has 2 rings (SSSR count). The molecule has 0 saturated carbocycles. The van der Waals surface area contributed by atoms with Crippen LogP contribution >= 0.6 is 0 Å². The number of rotatable bonds is 2. The fourth-order valence-electron chi connectivity index (χ4n) is 2.06. The highest BCUT2D eigenvalue weighted by Crippen LogP contribution is 2.17. The van der Waals surface area contributed by atoms with Crippen molar-refractivity contribution in [2.45, 2.75) is 19.9 Å². The summed E-state index contributed by atoms with van der Waals surface area (Å²) in [6.07, 6.45) is 3.49. The SMILES string of the molecule is CC1CCN(Cc2cccn2C)C1. The second-order valence-electron chi connectivity index (χ2n) is 4.24. The molecule has 0 spiro atoms. The summed E-state index contributed by atoms with van der Waals surface area (Å²) < 4.78 is 2.21. The first-order valence-corrected chi connectivity index (χ1v) is 5.08. The molecule has 1 aliphatic rings. The van der Waals surface area contributed by atoms with Gasteiger partial charge in [0.2, 0.25) is 0 Å². The fraction of sp³-hybridized carbons (Fsp3) is 0.636. The van der Waals surface area contributed by atoms with Gasteiger partial charge in [-0.25, -0.2) is 0 Å². The molecule has 2 nitrogen and oxygen atoms in total. The molecule has 0 amide bonds. The zero-order valence-electron chi connectivity index (χ0n) is 8.53. The van der Waals surface area contributed by atoms with E-state index in [2.05, 4.69) is 41.8 Å². The third-order valence-electron chi connectivity index (χ3n) is 2.94. The first-order chi connectivity index (χ1) is 6.25. The monoisotopic (exact) mass is 178 g/mol. The molecule has 1 fully saturated rings. The topological polar surface area (TPSA) is 8.17 Å². The minimum absolute atomic E-state index is 0.889. The summed E-state index contributed by atoms with van der Waals surface area (Å²) in [6.45, 7) is 6.00. The Labute approximate surface area is 80.2 Å². The Kier molecular flexibility index (Phi) is 2.40. The van der Waals surface area contributed by atoms with Crippen molar-refractivity contribution in [3.05, 3.63) is 24.0 Å². The standard InChI is InChI=1S/C11H18N2/c1-10-5-7-13(8-10)9-11-4-3-6-12(11)2/h3-4,6,10H,5,7-9H2,1-2H3. The van der Waals surface area contributed by atoms with Crippen molar-refractivity contribution in [2.75, 3.05) is 13.1 Å². The molecule has 13 heavy (non-hydrogen) atoms. The lowest BCUT2D eigenvalue weighted by atomic mass is 10.2. The van der Waals surface area contributed by atoms with E-state index in [9.17, 15) is 0 Å². The maximum Gasteiger partial charge on any atom is 0.0387 e. The molecule has 1 aliphatic heterocycles. The van der Waals surface area contributed by atoms with Gasteiger partial charge in [-0.2, -0.15) is 0 Å². The molecule has 1 atom stereocenters. The average Bonchev–Trinajstić information content (AvgIpc) is 2.64. The first-order valence-electron chi connectivity index (χ1n) is 5.08. The van der Waals surface area contributed by atoms with Crippen LogP contribution < -0.4 is 0 Å². The maximum absolute atomic E-state index is 2.54. The van der Waals surface area contributed by atoms with Gasteiger partial charge in [-0.05, 0) is 31.0 Å². The zero-order chi connectivity index (χ0) is 9.26. The fourth-order valence-corrected chi connectivity index (χ4v) is 2.06. The van der Waals surface area contributed by atoms with E-state index >= 15 is 0 Å². The van der Waals surface area contributed by atoms with Crippen molar-refractivity contribution >= 4 is 0 Å². The third-order valence-corrected chi connectivity index (χ3v) is 2.94. The molecule has 1 aromatic rings. The normalized spacial score (nSPS) is 24.0. The molecular formula is C11H18N2. The van der Waals surface area contributed by atoms with E-state index in [4.69, 9.17) is 0 Å². The van der Waals surface area contributed by atoms with E-state index in [1.165, 1.54) is 25.2 Å². The lowest BCUT2D eigenvalue weighted by Crippen LogP contribution is -2.20. The highest BCUT2D eigenvalue weighted by atomic mass is 15.2. The first kappa shape index (κ1) is 8.82. The van der Waals surface area contributed by atoms with Gasteiger partial charge in [0, 0.05) is 32.0 Å². The Morgan fingerprint density at radius 1 is 1.54 bits per heavy atom. The van der Waals surface area contributed by atoms with Crippen LogP contribution in [-0.4, -0.2) is 22.6 Å². The highest BCUT2D eigenvalue weighted by Gasteiger charge is 2.18. The minimum Gasteiger partial charge on any atom is -0.353 e. The molecule has 72 valence electrons. The highest BCUT2D eigenvalue weighted by molar-refractivity contribution is 5.06. The van der Waals surface area contributed by atoms with Crippen LogP contribution in [-0.2, 0) is 13.6 Å². The third kappa shape index (κ3) is 1.94. The second-order valence-corrected chi connectivity index (χ2v) is 4.24. The van der Waals surface area contributed by atoms with Crippen LogP contribution in [0.15, 0.2) is 18.3 Å². The van der Waals surface area contributed by atoms with Crippen molar-refractivity contribution in [1.29, 1.82) is 0 Å². The second kappa shape index (κ2) is 3.54. The van der Waals surface area contributed by atoms with E-state index in [0.717, 1.165) is 12.5 Å². The molecule has 1 unspecified atom stereocenters. The summed E-state index contributed by atoms with van der Waals surface area (Å²) in [5.41, 5.74) is 1.43. The van der Waals surface area contributed by atoms with Gasteiger partial charge in [0.25, 0.3) is 0 Å². The average molecular weight is 178 g/mol. The number of likely N-dealkylation sites (tertiary alicyclic amines) is 1. The number of aryl methyl sites for hydroxylation is 1. The summed E-state index contributed by atoms with van der Waals surface area (Å²) in [5, 5.41) is 0. The van der Waals surface area contributed by atoms with Gasteiger partial charge in [0.1, 0.15) is 0 Å². The van der Waals surface area contributed by atoms with Crippen LogP contribution in [0.25, 0.3) is 0 Å². The Balaban J connectivity index is 1.95.